The molecule has 0 saturated heterocycles. The molecule has 26 heavy (non-hydrogen) atoms. The molecule has 5 nitrogen and oxygen atoms in total. The van der Waals surface area contributed by atoms with Gasteiger partial charge in [-0.1, -0.05) is 6.07 Å². The molecule has 1 heterocycles. The van der Waals surface area contributed by atoms with Crippen LogP contribution >= 0.6 is 11.3 Å². The molecule has 1 N–H and O–H groups in total. The predicted molar refractivity (Wildman–Crippen MR) is 99.8 cm³/mol. The van der Waals surface area contributed by atoms with Gasteiger partial charge in [0.15, 0.2) is 15.0 Å². The number of aryl methyl sites for hydroxylation is 1. The monoisotopic (exact) mass is 390 g/mol. The molecule has 1 amide bonds. The van der Waals surface area contributed by atoms with Gasteiger partial charge in [0.1, 0.15) is 5.82 Å². The first-order valence-electron chi connectivity index (χ1n) is 7.59. The van der Waals surface area contributed by atoms with E-state index in [0.717, 1.165) is 16.7 Å². The highest BCUT2D eigenvalue weighted by molar-refractivity contribution is 7.90. The second-order valence-corrected chi connectivity index (χ2v) is 8.90. The number of halogens is 1. The van der Waals surface area contributed by atoms with Crippen LogP contribution < -0.4 is 5.32 Å². The Labute approximate surface area is 154 Å². The van der Waals surface area contributed by atoms with E-state index in [1.54, 1.807) is 12.1 Å². The Morgan fingerprint density at radius 1 is 1.15 bits per heavy atom. The van der Waals surface area contributed by atoms with Crippen molar-refractivity contribution in [2.45, 2.75) is 11.8 Å². The molecule has 0 aliphatic carbocycles. The van der Waals surface area contributed by atoms with Gasteiger partial charge in [-0.3, -0.25) is 10.1 Å². The van der Waals surface area contributed by atoms with Gasteiger partial charge in [-0.15, -0.1) is 11.3 Å². The summed E-state index contributed by atoms with van der Waals surface area (Å²) < 4.78 is 36.3. The number of carbonyl (C=O) groups is 1. The van der Waals surface area contributed by atoms with E-state index in [-0.39, 0.29) is 16.3 Å². The lowest BCUT2D eigenvalue weighted by atomic mass is 10.1. The minimum atomic E-state index is -3.40. The second-order valence-electron chi connectivity index (χ2n) is 5.68. The van der Waals surface area contributed by atoms with Crippen molar-refractivity contribution >= 4 is 32.2 Å². The molecule has 1 aromatic heterocycles. The molecule has 3 rings (SSSR count). The van der Waals surface area contributed by atoms with E-state index in [2.05, 4.69) is 10.3 Å². The Morgan fingerprint density at radius 2 is 1.85 bits per heavy atom. The summed E-state index contributed by atoms with van der Waals surface area (Å²) in [6, 6.07) is 11.8. The number of nitrogens with zero attached hydrogens (tertiary/aromatic N) is 1. The molecule has 8 heteroatoms. The van der Waals surface area contributed by atoms with Gasteiger partial charge in [0.25, 0.3) is 5.91 Å². The Hall–Kier alpha value is -2.58. The van der Waals surface area contributed by atoms with Crippen LogP contribution in [0.2, 0.25) is 0 Å². The summed E-state index contributed by atoms with van der Waals surface area (Å²) in [5.74, 6) is -0.782. The fourth-order valence-corrected chi connectivity index (χ4v) is 3.86. The molecule has 0 aliphatic heterocycles. The van der Waals surface area contributed by atoms with Gasteiger partial charge in [0.2, 0.25) is 0 Å². The number of sulfone groups is 1. The van der Waals surface area contributed by atoms with Crippen LogP contribution in [0.4, 0.5) is 9.52 Å². The zero-order chi connectivity index (χ0) is 18.9. The Bertz CT molecular complexity index is 1070. The Morgan fingerprint density at radius 3 is 2.50 bits per heavy atom. The van der Waals surface area contributed by atoms with Crippen molar-refractivity contribution in [1.29, 1.82) is 0 Å². The molecular formula is C18H15FN2O3S2. The van der Waals surface area contributed by atoms with E-state index in [4.69, 9.17) is 0 Å². The number of rotatable bonds is 4. The van der Waals surface area contributed by atoms with E-state index in [1.165, 1.54) is 47.7 Å². The summed E-state index contributed by atoms with van der Waals surface area (Å²) in [5.41, 5.74) is 1.64. The third-order valence-corrected chi connectivity index (χ3v) is 5.66. The number of aromatic nitrogens is 1. The third kappa shape index (κ3) is 3.97. The number of hydrogen-bond acceptors (Lipinski definition) is 5. The molecule has 2 aromatic carbocycles. The van der Waals surface area contributed by atoms with Gasteiger partial charge >= 0.3 is 0 Å². The summed E-state index contributed by atoms with van der Waals surface area (Å²) in [4.78, 5) is 17.7. The molecule has 134 valence electrons. The van der Waals surface area contributed by atoms with Crippen LogP contribution in [0.25, 0.3) is 11.3 Å². The van der Waals surface area contributed by atoms with E-state index in [0.29, 0.717) is 10.8 Å². The Balaban J connectivity index is 1.85. The minimum Gasteiger partial charge on any atom is -0.298 e. The van der Waals surface area contributed by atoms with E-state index in [1.807, 2.05) is 6.92 Å². The van der Waals surface area contributed by atoms with Crippen molar-refractivity contribution in [3.63, 3.8) is 0 Å². The molecular weight excluding hydrogens is 375 g/mol. The SMILES string of the molecule is Cc1sc(NC(=O)c2cccc(S(C)(=O)=O)c2)nc1-c1ccc(F)cc1. The predicted octanol–water partition coefficient (Wildman–Crippen LogP) is 3.91. The highest BCUT2D eigenvalue weighted by atomic mass is 32.2. The fourth-order valence-electron chi connectivity index (χ4n) is 2.36. The molecule has 0 spiro atoms. The molecule has 0 aliphatic rings. The van der Waals surface area contributed by atoms with Crippen molar-refractivity contribution in [2.24, 2.45) is 0 Å². The number of benzene rings is 2. The molecule has 0 radical (unpaired) electrons. The topological polar surface area (TPSA) is 76.1 Å². The molecule has 0 atom stereocenters. The summed E-state index contributed by atoms with van der Waals surface area (Å²) in [6.07, 6.45) is 1.09. The van der Waals surface area contributed by atoms with Crippen LogP contribution in [0.5, 0.6) is 0 Å². The number of hydrogen-bond donors (Lipinski definition) is 1. The van der Waals surface area contributed by atoms with Crippen molar-refractivity contribution in [2.75, 3.05) is 11.6 Å². The fraction of sp³-hybridized carbons (Fsp3) is 0.111. The van der Waals surface area contributed by atoms with Crippen LogP contribution in [0.3, 0.4) is 0 Å². The maximum Gasteiger partial charge on any atom is 0.257 e. The van der Waals surface area contributed by atoms with Gasteiger partial charge in [0.05, 0.1) is 10.6 Å². The normalized spacial score (nSPS) is 11.3. The number of thiazole rings is 1. The number of anilines is 1. The van der Waals surface area contributed by atoms with Crippen LogP contribution in [-0.2, 0) is 9.84 Å². The van der Waals surface area contributed by atoms with E-state index >= 15 is 0 Å². The van der Waals surface area contributed by atoms with Crippen LogP contribution in [0.15, 0.2) is 53.4 Å². The molecule has 0 bridgehead atoms. The van der Waals surface area contributed by atoms with Crippen molar-refractivity contribution in [3.05, 3.63) is 64.8 Å². The lowest BCUT2D eigenvalue weighted by Gasteiger charge is -2.04. The van der Waals surface area contributed by atoms with E-state index < -0.39 is 15.7 Å². The van der Waals surface area contributed by atoms with Gasteiger partial charge in [0, 0.05) is 22.3 Å². The van der Waals surface area contributed by atoms with Crippen LogP contribution in [0.1, 0.15) is 15.2 Å². The average molecular weight is 390 g/mol. The Kier molecular flexibility index (Phi) is 4.88. The van der Waals surface area contributed by atoms with Gasteiger partial charge in [-0.05, 0) is 49.4 Å². The van der Waals surface area contributed by atoms with Gasteiger partial charge < -0.3 is 0 Å². The van der Waals surface area contributed by atoms with Crippen molar-refractivity contribution in [3.8, 4) is 11.3 Å². The average Bonchev–Trinajstić information content (AvgIpc) is 2.95. The van der Waals surface area contributed by atoms with Crippen molar-refractivity contribution in [1.82, 2.24) is 4.98 Å². The quantitative estimate of drug-likeness (QED) is 0.733. The largest absolute Gasteiger partial charge is 0.298 e. The standard InChI is InChI=1S/C18H15FN2O3S2/c1-11-16(12-6-8-14(19)9-7-12)20-18(25-11)21-17(22)13-4-3-5-15(10-13)26(2,23)24/h3-10H,1-2H3,(H,20,21,22). The smallest absolute Gasteiger partial charge is 0.257 e. The maximum atomic E-state index is 13.1. The second kappa shape index (κ2) is 6.97. The summed E-state index contributed by atoms with van der Waals surface area (Å²) >= 11 is 1.29. The number of nitrogens with one attached hydrogen (secondary N) is 1. The zero-order valence-electron chi connectivity index (χ0n) is 14.0. The minimum absolute atomic E-state index is 0.0764. The van der Waals surface area contributed by atoms with E-state index in [9.17, 15) is 17.6 Å². The number of amides is 1. The molecule has 0 fully saturated rings. The first kappa shape index (κ1) is 18.2. The van der Waals surface area contributed by atoms with Crippen molar-refractivity contribution < 1.29 is 17.6 Å². The molecule has 0 saturated carbocycles. The summed E-state index contributed by atoms with van der Waals surface area (Å²) in [7, 11) is -3.40. The summed E-state index contributed by atoms with van der Waals surface area (Å²) in [5, 5.41) is 3.06. The highest BCUT2D eigenvalue weighted by Crippen LogP contribution is 2.30. The lowest BCUT2D eigenvalue weighted by molar-refractivity contribution is 0.102. The zero-order valence-corrected chi connectivity index (χ0v) is 15.6. The van der Waals surface area contributed by atoms with Crippen LogP contribution in [0, 0.1) is 12.7 Å². The lowest BCUT2D eigenvalue weighted by Crippen LogP contribution is -2.12. The third-order valence-electron chi connectivity index (χ3n) is 3.66. The number of carbonyl (C=O) groups excluding carboxylic acids is 1. The van der Waals surface area contributed by atoms with Crippen LogP contribution in [-0.4, -0.2) is 25.6 Å². The first-order valence-corrected chi connectivity index (χ1v) is 10.3. The highest BCUT2D eigenvalue weighted by Gasteiger charge is 2.15. The molecule has 3 aromatic rings. The molecule has 0 unspecified atom stereocenters. The first-order chi connectivity index (χ1) is 12.2. The van der Waals surface area contributed by atoms with Gasteiger partial charge in [-0.2, -0.15) is 0 Å². The van der Waals surface area contributed by atoms with Gasteiger partial charge in [-0.25, -0.2) is 17.8 Å². The summed E-state index contributed by atoms with van der Waals surface area (Å²) in [6.45, 7) is 1.86. The maximum absolute atomic E-state index is 13.1.